The van der Waals surface area contributed by atoms with E-state index in [0.717, 1.165) is 54.0 Å². The molecule has 4 rings (SSSR count). The average molecular weight is 308 g/mol. The van der Waals surface area contributed by atoms with Gasteiger partial charge in [-0.1, -0.05) is 24.3 Å². The van der Waals surface area contributed by atoms with Gasteiger partial charge in [-0.15, -0.1) is 10.2 Å². The summed E-state index contributed by atoms with van der Waals surface area (Å²) in [4.78, 5) is 2.31. The van der Waals surface area contributed by atoms with Crippen LogP contribution in [0.2, 0.25) is 0 Å². The fourth-order valence-corrected chi connectivity index (χ4v) is 3.34. The number of aromatic nitrogens is 4. The van der Waals surface area contributed by atoms with Gasteiger partial charge in [0.25, 0.3) is 0 Å². The van der Waals surface area contributed by atoms with E-state index in [1.807, 2.05) is 23.9 Å². The van der Waals surface area contributed by atoms with Crippen molar-refractivity contribution in [2.45, 2.75) is 6.42 Å². The molecule has 1 aliphatic rings. The highest BCUT2D eigenvalue weighted by atomic mass is 15.3. The SMILES string of the molecule is Cn1nccc1-c1nnc(N2CCC(CN)C2)c2ccccc12. The Morgan fingerprint density at radius 3 is 2.70 bits per heavy atom. The Kier molecular flexibility index (Phi) is 3.46. The third-order valence-electron chi connectivity index (χ3n) is 4.65. The van der Waals surface area contributed by atoms with Crippen LogP contribution in [0.1, 0.15) is 6.42 Å². The van der Waals surface area contributed by atoms with Crippen molar-refractivity contribution in [2.24, 2.45) is 18.7 Å². The molecule has 0 spiro atoms. The van der Waals surface area contributed by atoms with Gasteiger partial charge < -0.3 is 10.6 Å². The lowest BCUT2D eigenvalue weighted by molar-refractivity contribution is 0.602. The van der Waals surface area contributed by atoms with Gasteiger partial charge in [0.15, 0.2) is 5.82 Å². The molecule has 3 heterocycles. The second-order valence-corrected chi connectivity index (χ2v) is 6.09. The fraction of sp³-hybridized carbons (Fsp3) is 0.353. The summed E-state index contributed by atoms with van der Waals surface area (Å²) in [7, 11) is 1.92. The summed E-state index contributed by atoms with van der Waals surface area (Å²) in [5.74, 6) is 1.51. The minimum atomic E-state index is 0.548. The molecule has 2 N–H and O–H groups in total. The number of nitrogens with two attached hydrogens (primary N) is 1. The lowest BCUT2D eigenvalue weighted by Gasteiger charge is -2.19. The molecule has 2 aromatic heterocycles. The molecule has 1 fully saturated rings. The van der Waals surface area contributed by atoms with Gasteiger partial charge in [-0.05, 0) is 24.9 Å². The Hall–Kier alpha value is -2.47. The smallest absolute Gasteiger partial charge is 0.159 e. The molecule has 1 aliphatic heterocycles. The van der Waals surface area contributed by atoms with Gasteiger partial charge >= 0.3 is 0 Å². The summed E-state index contributed by atoms with van der Waals surface area (Å²) in [5, 5.41) is 15.6. The molecule has 1 aromatic carbocycles. The topological polar surface area (TPSA) is 72.9 Å². The number of anilines is 1. The largest absolute Gasteiger partial charge is 0.354 e. The minimum absolute atomic E-state index is 0.548. The van der Waals surface area contributed by atoms with E-state index in [1.54, 1.807) is 6.20 Å². The van der Waals surface area contributed by atoms with Crippen LogP contribution in [0.4, 0.5) is 5.82 Å². The van der Waals surface area contributed by atoms with Crippen LogP contribution in [0.5, 0.6) is 0 Å². The maximum atomic E-state index is 5.82. The van der Waals surface area contributed by atoms with E-state index in [4.69, 9.17) is 5.73 Å². The second kappa shape index (κ2) is 5.62. The van der Waals surface area contributed by atoms with Gasteiger partial charge in [-0.25, -0.2) is 0 Å². The first-order valence-electron chi connectivity index (χ1n) is 7.96. The van der Waals surface area contributed by atoms with E-state index in [0.29, 0.717) is 5.92 Å². The molecule has 6 nitrogen and oxygen atoms in total. The van der Waals surface area contributed by atoms with E-state index in [9.17, 15) is 0 Å². The second-order valence-electron chi connectivity index (χ2n) is 6.09. The number of fused-ring (bicyclic) bond motifs is 1. The number of nitrogens with zero attached hydrogens (tertiary/aromatic N) is 5. The normalized spacial score (nSPS) is 18.0. The van der Waals surface area contributed by atoms with Crippen molar-refractivity contribution in [2.75, 3.05) is 24.5 Å². The summed E-state index contributed by atoms with van der Waals surface area (Å²) in [6.07, 6.45) is 2.90. The molecule has 118 valence electrons. The van der Waals surface area contributed by atoms with Crippen molar-refractivity contribution in [1.82, 2.24) is 20.0 Å². The van der Waals surface area contributed by atoms with Crippen molar-refractivity contribution in [3.63, 3.8) is 0 Å². The van der Waals surface area contributed by atoms with Crippen LogP contribution in [0.15, 0.2) is 36.5 Å². The summed E-state index contributed by atoms with van der Waals surface area (Å²) < 4.78 is 1.83. The number of rotatable bonds is 3. The Morgan fingerprint density at radius 2 is 2.00 bits per heavy atom. The molecule has 0 amide bonds. The number of benzene rings is 1. The first-order chi connectivity index (χ1) is 11.3. The van der Waals surface area contributed by atoms with Crippen LogP contribution in [-0.4, -0.2) is 39.6 Å². The maximum absolute atomic E-state index is 5.82. The van der Waals surface area contributed by atoms with Gasteiger partial charge in [-0.2, -0.15) is 5.10 Å². The summed E-state index contributed by atoms with van der Waals surface area (Å²) >= 11 is 0. The monoisotopic (exact) mass is 308 g/mol. The van der Waals surface area contributed by atoms with E-state index in [-0.39, 0.29) is 0 Å². The number of hydrogen-bond donors (Lipinski definition) is 1. The standard InChI is InChI=1S/C17H20N6/c1-22-15(6-8-19-22)16-13-4-2-3-5-14(13)17(21-20-16)23-9-7-12(10-18)11-23/h2-6,8,12H,7,9-11,18H2,1H3. The molecule has 1 saturated heterocycles. The van der Waals surface area contributed by atoms with Crippen LogP contribution in [0, 0.1) is 5.92 Å². The third kappa shape index (κ3) is 2.35. The number of aryl methyl sites for hydroxylation is 1. The molecule has 3 aromatic rings. The lowest BCUT2D eigenvalue weighted by Crippen LogP contribution is -2.24. The molecular weight excluding hydrogens is 288 g/mol. The zero-order valence-electron chi connectivity index (χ0n) is 13.2. The van der Waals surface area contributed by atoms with E-state index < -0.39 is 0 Å². The quantitative estimate of drug-likeness (QED) is 0.799. The Bertz CT molecular complexity index is 840. The Labute approximate surface area is 134 Å². The van der Waals surface area contributed by atoms with Gasteiger partial charge in [0, 0.05) is 37.1 Å². The molecule has 0 saturated carbocycles. The molecule has 1 unspecified atom stereocenters. The Morgan fingerprint density at radius 1 is 1.17 bits per heavy atom. The highest BCUT2D eigenvalue weighted by Crippen LogP contribution is 2.33. The molecule has 0 aliphatic carbocycles. The van der Waals surface area contributed by atoms with E-state index >= 15 is 0 Å². The molecular formula is C17H20N6. The van der Waals surface area contributed by atoms with E-state index in [1.165, 1.54) is 0 Å². The molecule has 23 heavy (non-hydrogen) atoms. The van der Waals surface area contributed by atoms with Crippen LogP contribution in [-0.2, 0) is 7.05 Å². The van der Waals surface area contributed by atoms with Gasteiger partial charge in [0.05, 0.1) is 5.69 Å². The Balaban J connectivity index is 1.85. The van der Waals surface area contributed by atoms with Crippen molar-refractivity contribution in [3.8, 4) is 11.4 Å². The first kappa shape index (κ1) is 14.1. The van der Waals surface area contributed by atoms with E-state index in [2.05, 4.69) is 38.4 Å². The predicted octanol–water partition coefficient (Wildman–Crippen LogP) is 1.82. The van der Waals surface area contributed by atoms with Gasteiger partial charge in [0.1, 0.15) is 5.69 Å². The van der Waals surface area contributed by atoms with Crippen LogP contribution in [0.3, 0.4) is 0 Å². The van der Waals surface area contributed by atoms with Gasteiger partial charge in [-0.3, -0.25) is 4.68 Å². The van der Waals surface area contributed by atoms with Crippen LogP contribution in [0.25, 0.3) is 22.2 Å². The van der Waals surface area contributed by atoms with Crippen LogP contribution >= 0.6 is 0 Å². The highest BCUT2D eigenvalue weighted by molar-refractivity contribution is 5.99. The van der Waals surface area contributed by atoms with Crippen molar-refractivity contribution >= 4 is 16.6 Å². The fourth-order valence-electron chi connectivity index (χ4n) is 3.34. The number of hydrogen-bond acceptors (Lipinski definition) is 5. The zero-order valence-corrected chi connectivity index (χ0v) is 13.2. The first-order valence-corrected chi connectivity index (χ1v) is 7.96. The van der Waals surface area contributed by atoms with Crippen molar-refractivity contribution in [1.29, 1.82) is 0 Å². The average Bonchev–Trinajstić information content (AvgIpc) is 3.22. The summed E-state index contributed by atoms with van der Waals surface area (Å²) in [6.45, 7) is 2.68. The highest BCUT2D eigenvalue weighted by Gasteiger charge is 2.25. The molecule has 0 bridgehead atoms. The molecule has 1 atom stereocenters. The minimum Gasteiger partial charge on any atom is -0.354 e. The maximum Gasteiger partial charge on any atom is 0.159 e. The third-order valence-corrected chi connectivity index (χ3v) is 4.65. The molecule has 6 heteroatoms. The predicted molar refractivity (Wildman–Crippen MR) is 91.1 cm³/mol. The summed E-state index contributed by atoms with van der Waals surface area (Å²) in [6, 6.07) is 10.3. The lowest BCUT2D eigenvalue weighted by atomic mass is 10.1. The molecule has 0 radical (unpaired) electrons. The summed E-state index contributed by atoms with van der Waals surface area (Å²) in [5.41, 5.74) is 7.67. The van der Waals surface area contributed by atoms with Gasteiger partial charge in [0.2, 0.25) is 0 Å². The van der Waals surface area contributed by atoms with Crippen molar-refractivity contribution < 1.29 is 0 Å². The van der Waals surface area contributed by atoms with Crippen LogP contribution < -0.4 is 10.6 Å². The van der Waals surface area contributed by atoms with Crippen molar-refractivity contribution in [3.05, 3.63) is 36.5 Å². The zero-order chi connectivity index (χ0) is 15.8.